The van der Waals surface area contributed by atoms with Crippen molar-refractivity contribution in [1.29, 1.82) is 0 Å². The van der Waals surface area contributed by atoms with E-state index in [1.54, 1.807) is 0 Å². The fourth-order valence-corrected chi connectivity index (χ4v) is 4.67. The number of hydrogen-bond donors (Lipinski definition) is 0. The molecular weight excluding hydrogens is 545 g/mol. The first-order chi connectivity index (χ1) is 13.6. The van der Waals surface area contributed by atoms with E-state index in [0.717, 1.165) is 30.1 Å². The number of benzene rings is 4. The monoisotopic (exact) mass is 559 g/mol. The van der Waals surface area contributed by atoms with Gasteiger partial charge >= 0.3 is 0 Å². The second kappa shape index (κ2) is 8.68. The maximum atomic E-state index is 6.36. The molecule has 0 aliphatic rings. The molecule has 1 nitrogen and oxygen atoms in total. The molecule has 0 unspecified atom stereocenters. The Bertz CT molecular complexity index is 1060. The van der Waals surface area contributed by atoms with Crippen molar-refractivity contribution in [2.45, 2.75) is 0 Å². The van der Waals surface area contributed by atoms with Gasteiger partial charge in [-0.3, -0.25) is 0 Å². The molecule has 4 aromatic rings. The predicted molar refractivity (Wildman–Crippen MR) is 132 cm³/mol. The van der Waals surface area contributed by atoms with Crippen molar-refractivity contribution in [3.63, 3.8) is 0 Å². The predicted octanol–water partition coefficient (Wildman–Crippen LogP) is 8.84. The molecule has 0 fully saturated rings. The molecule has 0 N–H and O–H groups in total. The minimum atomic E-state index is 0.733. The summed E-state index contributed by atoms with van der Waals surface area (Å²) in [5, 5.41) is 0.733. The van der Waals surface area contributed by atoms with E-state index in [9.17, 15) is 0 Å². The molecule has 0 heterocycles. The molecule has 0 amide bonds. The Labute approximate surface area is 192 Å². The van der Waals surface area contributed by atoms with Gasteiger partial charge in [-0.25, -0.2) is 0 Å². The van der Waals surface area contributed by atoms with Crippen LogP contribution in [0.2, 0.25) is 5.02 Å². The van der Waals surface area contributed by atoms with Crippen LogP contribution in [-0.4, -0.2) is 0 Å². The summed E-state index contributed by atoms with van der Waals surface area (Å²) in [4.78, 5) is 2.23. The highest BCUT2D eigenvalue weighted by molar-refractivity contribution is 14.1. The Kier molecular flexibility index (Phi) is 6.04. The smallest absolute Gasteiger partial charge is 0.0683 e. The molecule has 0 saturated heterocycles. The van der Waals surface area contributed by atoms with Crippen molar-refractivity contribution in [1.82, 2.24) is 0 Å². The molecule has 0 aliphatic carbocycles. The van der Waals surface area contributed by atoms with Gasteiger partial charge in [-0.1, -0.05) is 72.3 Å². The number of para-hydroxylation sites is 1. The SMILES string of the molecule is Clc1c(Br)cc(N(c2ccccc2)c2ccc(-c3ccccc3)cc2)cc1I. The van der Waals surface area contributed by atoms with Crippen LogP contribution in [0.5, 0.6) is 0 Å². The normalized spacial score (nSPS) is 10.7. The maximum Gasteiger partial charge on any atom is 0.0683 e. The van der Waals surface area contributed by atoms with Crippen LogP contribution in [0.4, 0.5) is 17.1 Å². The third kappa shape index (κ3) is 4.12. The highest BCUT2D eigenvalue weighted by Gasteiger charge is 2.15. The highest BCUT2D eigenvalue weighted by atomic mass is 127. The lowest BCUT2D eigenvalue weighted by Crippen LogP contribution is -2.10. The summed E-state index contributed by atoms with van der Waals surface area (Å²) >= 11 is 12.2. The van der Waals surface area contributed by atoms with Crippen molar-refractivity contribution in [2.24, 2.45) is 0 Å². The lowest BCUT2D eigenvalue weighted by molar-refractivity contribution is 1.27. The molecule has 0 atom stereocenters. The molecule has 4 aromatic carbocycles. The molecule has 0 aromatic heterocycles. The van der Waals surface area contributed by atoms with Crippen LogP contribution in [0.15, 0.2) is 102 Å². The second-order valence-electron chi connectivity index (χ2n) is 6.31. The molecule has 4 heteroatoms. The van der Waals surface area contributed by atoms with Crippen LogP contribution in [-0.2, 0) is 0 Å². The van der Waals surface area contributed by atoms with Gasteiger partial charge in [0.2, 0.25) is 0 Å². The van der Waals surface area contributed by atoms with Crippen molar-refractivity contribution in [2.75, 3.05) is 4.90 Å². The largest absolute Gasteiger partial charge is 0.310 e. The van der Waals surface area contributed by atoms with Crippen LogP contribution in [0, 0.1) is 3.57 Å². The van der Waals surface area contributed by atoms with Crippen molar-refractivity contribution < 1.29 is 0 Å². The number of anilines is 3. The van der Waals surface area contributed by atoms with Gasteiger partial charge in [0.25, 0.3) is 0 Å². The van der Waals surface area contributed by atoms with Crippen LogP contribution >= 0.6 is 50.1 Å². The fourth-order valence-electron chi connectivity index (χ4n) is 3.13. The quantitative estimate of drug-likeness (QED) is 0.178. The summed E-state index contributed by atoms with van der Waals surface area (Å²) < 4.78 is 1.89. The zero-order chi connectivity index (χ0) is 19.5. The summed E-state index contributed by atoms with van der Waals surface area (Å²) in [5.41, 5.74) is 5.66. The standard InChI is InChI=1S/C24H16BrClIN/c25-22-15-21(16-23(27)24(22)26)28(19-9-5-2-6-10-19)20-13-11-18(12-14-20)17-7-3-1-4-8-17/h1-16H. The Morgan fingerprint density at radius 1 is 0.643 bits per heavy atom. The van der Waals surface area contributed by atoms with Crippen molar-refractivity contribution >= 4 is 67.2 Å². The number of nitrogens with zero attached hydrogens (tertiary/aromatic N) is 1. The van der Waals surface area contributed by atoms with Gasteiger partial charge < -0.3 is 4.90 Å². The zero-order valence-corrected chi connectivity index (χ0v) is 19.3. The average Bonchev–Trinajstić information content (AvgIpc) is 2.74. The summed E-state index contributed by atoms with van der Waals surface area (Å²) in [6.45, 7) is 0. The molecule has 28 heavy (non-hydrogen) atoms. The van der Waals surface area contributed by atoms with Crippen molar-refractivity contribution in [3.8, 4) is 11.1 Å². The number of halogens is 3. The van der Waals surface area contributed by atoms with Gasteiger partial charge in [0.05, 0.1) is 5.02 Å². The fraction of sp³-hybridized carbons (Fsp3) is 0. The summed E-state index contributed by atoms with van der Waals surface area (Å²) in [7, 11) is 0. The van der Waals surface area contributed by atoms with Crippen LogP contribution in [0.1, 0.15) is 0 Å². The molecule has 138 valence electrons. The van der Waals surface area contributed by atoms with E-state index in [1.807, 2.05) is 12.1 Å². The van der Waals surface area contributed by atoms with E-state index in [0.29, 0.717) is 0 Å². The average molecular weight is 561 g/mol. The molecule has 0 aliphatic heterocycles. The van der Waals surface area contributed by atoms with Gasteiger partial charge in [0, 0.05) is 25.1 Å². The first-order valence-corrected chi connectivity index (χ1v) is 11.0. The molecule has 4 rings (SSSR count). The Balaban J connectivity index is 1.81. The molecule has 0 spiro atoms. The van der Waals surface area contributed by atoms with Crippen LogP contribution in [0.3, 0.4) is 0 Å². The van der Waals surface area contributed by atoms with Crippen LogP contribution in [0.25, 0.3) is 11.1 Å². The van der Waals surface area contributed by atoms with Gasteiger partial charge in [0.15, 0.2) is 0 Å². The van der Waals surface area contributed by atoms with Gasteiger partial charge in [-0.2, -0.15) is 0 Å². The summed E-state index contributed by atoms with van der Waals surface area (Å²) in [6, 6.07) is 33.6. The number of hydrogen-bond acceptors (Lipinski definition) is 1. The van der Waals surface area contributed by atoms with Crippen molar-refractivity contribution in [3.05, 3.63) is 110 Å². The van der Waals surface area contributed by atoms with Crippen LogP contribution < -0.4 is 4.90 Å². The first kappa shape index (κ1) is 19.5. The Morgan fingerprint density at radius 3 is 1.79 bits per heavy atom. The molecule has 0 radical (unpaired) electrons. The van der Waals surface area contributed by atoms with E-state index < -0.39 is 0 Å². The third-order valence-electron chi connectivity index (χ3n) is 4.47. The molecule has 0 saturated carbocycles. The summed E-state index contributed by atoms with van der Waals surface area (Å²) in [6.07, 6.45) is 0. The van der Waals surface area contributed by atoms with Gasteiger partial charge in [0.1, 0.15) is 0 Å². The Hall–Kier alpha value is -1.82. The molecular formula is C24H16BrClIN. The topological polar surface area (TPSA) is 3.24 Å². The van der Waals surface area contributed by atoms with Gasteiger partial charge in [-0.05, 0) is 86.0 Å². The van der Waals surface area contributed by atoms with E-state index in [4.69, 9.17) is 11.6 Å². The Morgan fingerprint density at radius 2 is 1.18 bits per heavy atom. The highest BCUT2D eigenvalue weighted by Crippen LogP contribution is 2.40. The lowest BCUT2D eigenvalue weighted by Gasteiger charge is -2.26. The van der Waals surface area contributed by atoms with E-state index in [2.05, 4.69) is 128 Å². The number of rotatable bonds is 4. The summed E-state index contributed by atoms with van der Waals surface area (Å²) in [5.74, 6) is 0. The van der Waals surface area contributed by atoms with Gasteiger partial charge in [-0.15, -0.1) is 0 Å². The first-order valence-electron chi connectivity index (χ1n) is 8.79. The minimum absolute atomic E-state index is 0.733. The second-order valence-corrected chi connectivity index (χ2v) is 8.70. The van der Waals surface area contributed by atoms with E-state index >= 15 is 0 Å². The van der Waals surface area contributed by atoms with E-state index in [-0.39, 0.29) is 0 Å². The third-order valence-corrected chi connectivity index (χ3v) is 6.90. The maximum absolute atomic E-state index is 6.36. The molecule has 0 bridgehead atoms. The van der Waals surface area contributed by atoms with E-state index in [1.165, 1.54) is 11.1 Å². The minimum Gasteiger partial charge on any atom is -0.310 e. The zero-order valence-electron chi connectivity index (χ0n) is 14.8. The lowest BCUT2D eigenvalue weighted by atomic mass is 10.0.